The number of pyridine rings is 1. The van der Waals surface area contributed by atoms with Crippen LogP contribution in [0.3, 0.4) is 0 Å². The number of aromatic nitrogens is 1. The number of aryl methyl sites for hydroxylation is 2. The van der Waals surface area contributed by atoms with E-state index in [4.69, 9.17) is 32.5 Å². The van der Waals surface area contributed by atoms with Crippen molar-refractivity contribution in [3.63, 3.8) is 0 Å². The molecule has 11 nitrogen and oxygen atoms in total. The Morgan fingerprint density at radius 3 is 1.97 bits per heavy atom. The lowest BCUT2D eigenvalue weighted by molar-refractivity contribution is -0.698. The molecule has 1 aromatic heterocycles. The number of carbonyl (C=O) groups is 3. The van der Waals surface area contributed by atoms with Gasteiger partial charge in [0.1, 0.15) is 24.7 Å². The Hall–Kier alpha value is -2.76. The van der Waals surface area contributed by atoms with Gasteiger partial charge in [0.25, 0.3) is 0 Å². The van der Waals surface area contributed by atoms with Gasteiger partial charge in [-0.05, 0) is 25.7 Å². The Bertz CT molecular complexity index is 741. The van der Waals surface area contributed by atoms with Crippen molar-refractivity contribution < 1.29 is 39.4 Å². The predicted molar refractivity (Wildman–Crippen MR) is 101 cm³/mol. The van der Waals surface area contributed by atoms with E-state index in [9.17, 15) is 19.5 Å². The number of nitrogens with two attached hydrogens (primary N) is 3. The van der Waals surface area contributed by atoms with Gasteiger partial charge in [-0.15, -0.1) is 0 Å². The second kappa shape index (κ2) is 11.3. The quantitative estimate of drug-likeness (QED) is 0.148. The second-order valence-electron chi connectivity index (χ2n) is 6.96. The Morgan fingerprint density at radius 1 is 0.862 bits per heavy atom. The van der Waals surface area contributed by atoms with E-state index in [1.165, 1.54) is 6.20 Å². The molecular formula is C18H29N4O7+. The lowest BCUT2D eigenvalue weighted by atomic mass is 9.96. The monoisotopic (exact) mass is 413 g/mol. The molecule has 3 unspecified atom stereocenters. The van der Waals surface area contributed by atoms with Crippen LogP contribution in [0.5, 0.6) is 5.75 Å². The maximum absolute atomic E-state index is 11.1. The smallest absolute Gasteiger partial charge is 0.320 e. The van der Waals surface area contributed by atoms with Crippen molar-refractivity contribution in [1.82, 2.24) is 0 Å². The van der Waals surface area contributed by atoms with Gasteiger partial charge in [-0.3, -0.25) is 14.4 Å². The SMILES string of the molecule is NC(CCCC[n+]1cc(O)c(CC(N)C(=O)O)c(CCC(N)C(=O)O)c1)C(=O)O. The van der Waals surface area contributed by atoms with Crippen molar-refractivity contribution in [3.05, 3.63) is 23.5 Å². The number of rotatable bonds is 13. The fourth-order valence-electron chi connectivity index (χ4n) is 2.82. The fourth-order valence-corrected chi connectivity index (χ4v) is 2.82. The molecule has 0 aliphatic carbocycles. The third-order valence-electron chi connectivity index (χ3n) is 4.59. The van der Waals surface area contributed by atoms with Crippen LogP contribution in [-0.2, 0) is 33.8 Å². The van der Waals surface area contributed by atoms with Gasteiger partial charge in [0.15, 0.2) is 11.9 Å². The topological polar surface area (TPSA) is 214 Å². The highest BCUT2D eigenvalue weighted by molar-refractivity contribution is 5.74. The minimum Gasteiger partial charge on any atom is -0.503 e. The highest BCUT2D eigenvalue weighted by atomic mass is 16.4. The van der Waals surface area contributed by atoms with Crippen LogP contribution in [0.2, 0.25) is 0 Å². The molecule has 162 valence electrons. The highest BCUT2D eigenvalue weighted by Gasteiger charge is 2.23. The van der Waals surface area contributed by atoms with E-state index in [1.807, 2.05) is 0 Å². The normalized spacial score (nSPS) is 14.2. The summed E-state index contributed by atoms with van der Waals surface area (Å²) in [5, 5.41) is 37.2. The number of aliphatic carboxylic acids is 3. The van der Waals surface area contributed by atoms with Crippen LogP contribution in [-0.4, -0.2) is 56.5 Å². The Morgan fingerprint density at radius 2 is 1.41 bits per heavy atom. The van der Waals surface area contributed by atoms with Gasteiger partial charge < -0.3 is 37.6 Å². The zero-order valence-electron chi connectivity index (χ0n) is 16.0. The molecule has 10 N–H and O–H groups in total. The Labute approximate surface area is 167 Å². The number of hydrogen-bond acceptors (Lipinski definition) is 7. The zero-order valence-corrected chi connectivity index (χ0v) is 16.0. The molecule has 0 amide bonds. The first kappa shape index (κ1) is 24.3. The van der Waals surface area contributed by atoms with E-state index in [1.54, 1.807) is 10.8 Å². The Balaban J connectivity index is 2.94. The third kappa shape index (κ3) is 8.02. The van der Waals surface area contributed by atoms with Crippen molar-refractivity contribution in [1.29, 1.82) is 0 Å². The Kier molecular flexibility index (Phi) is 9.45. The van der Waals surface area contributed by atoms with E-state index in [2.05, 4.69) is 0 Å². The summed E-state index contributed by atoms with van der Waals surface area (Å²) in [6.07, 6.45) is 4.80. The molecule has 0 aliphatic rings. The van der Waals surface area contributed by atoms with Gasteiger partial charge in [0, 0.05) is 24.0 Å². The number of aromatic hydroxyl groups is 1. The lowest BCUT2D eigenvalue weighted by Gasteiger charge is -2.14. The molecule has 1 rings (SSSR count). The summed E-state index contributed by atoms with van der Waals surface area (Å²) < 4.78 is 1.68. The molecule has 1 heterocycles. The number of unbranched alkanes of at least 4 members (excludes halogenated alkanes) is 1. The number of carboxylic acid groups (broad SMARTS) is 3. The van der Waals surface area contributed by atoms with Crippen molar-refractivity contribution in [2.24, 2.45) is 17.2 Å². The summed E-state index contributed by atoms with van der Waals surface area (Å²) in [7, 11) is 0. The van der Waals surface area contributed by atoms with E-state index in [0.29, 0.717) is 36.9 Å². The van der Waals surface area contributed by atoms with Crippen LogP contribution < -0.4 is 21.8 Å². The average Bonchev–Trinajstić information content (AvgIpc) is 2.64. The molecule has 0 aliphatic heterocycles. The molecule has 0 fully saturated rings. The maximum atomic E-state index is 11.1. The second-order valence-corrected chi connectivity index (χ2v) is 6.96. The van der Waals surface area contributed by atoms with Gasteiger partial charge in [-0.25, -0.2) is 4.57 Å². The molecule has 11 heteroatoms. The third-order valence-corrected chi connectivity index (χ3v) is 4.59. The van der Waals surface area contributed by atoms with Crippen LogP contribution in [0.4, 0.5) is 0 Å². The van der Waals surface area contributed by atoms with Crippen molar-refractivity contribution >= 4 is 17.9 Å². The van der Waals surface area contributed by atoms with Gasteiger partial charge in [-0.1, -0.05) is 0 Å². The largest absolute Gasteiger partial charge is 0.503 e. The molecule has 3 atom stereocenters. The van der Waals surface area contributed by atoms with Crippen LogP contribution in [0.15, 0.2) is 12.4 Å². The minimum atomic E-state index is -1.22. The van der Waals surface area contributed by atoms with E-state index in [0.717, 1.165) is 0 Å². The molecule has 0 bridgehead atoms. The van der Waals surface area contributed by atoms with Crippen LogP contribution in [0.1, 0.15) is 36.8 Å². The summed E-state index contributed by atoms with van der Waals surface area (Å²) in [5.41, 5.74) is 17.5. The highest BCUT2D eigenvalue weighted by Crippen LogP contribution is 2.22. The first-order valence-electron chi connectivity index (χ1n) is 9.21. The molecular weight excluding hydrogens is 384 g/mol. The molecule has 29 heavy (non-hydrogen) atoms. The lowest BCUT2D eigenvalue weighted by Crippen LogP contribution is -2.37. The molecule has 0 saturated heterocycles. The molecule has 1 aromatic rings. The van der Waals surface area contributed by atoms with Gasteiger partial charge in [0.05, 0.1) is 0 Å². The van der Waals surface area contributed by atoms with Gasteiger partial charge >= 0.3 is 17.9 Å². The van der Waals surface area contributed by atoms with Crippen molar-refractivity contribution in [3.8, 4) is 5.75 Å². The first-order valence-corrected chi connectivity index (χ1v) is 9.21. The predicted octanol–water partition coefficient (Wildman–Crippen LogP) is -1.44. The summed E-state index contributed by atoms with van der Waals surface area (Å²) in [6.45, 7) is 0.461. The van der Waals surface area contributed by atoms with Crippen molar-refractivity contribution in [2.45, 2.75) is 63.2 Å². The number of nitrogens with zero attached hydrogens (tertiary/aromatic N) is 1. The number of carboxylic acids is 3. The molecule has 0 spiro atoms. The van der Waals surface area contributed by atoms with E-state index < -0.39 is 36.0 Å². The number of hydrogen-bond donors (Lipinski definition) is 7. The molecule has 0 radical (unpaired) electrons. The van der Waals surface area contributed by atoms with Crippen molar-refractivity contribution in [2.75, 3.05) is 0 Å². The summed E-state index contributed by atoms with van der Waals surface area (Å²) in [4.78, 5) is 32.8. The minimum absolute atomic E-state index is 0.0988. The summed E-state index contributed by atoms with van der Waals surface area (Å²) in [6, 6.07) is -3.24. The van der Waals surface area contributed by atoms with Crippen LogP contribution >= 0.6 is 0 Å². The average molecular weight is 413 g/mol. The van der Waals surface area contributed by atoms with E-state index in [-0.39, 0.29) is 25.0 Å². The van der Waals surface area contributed by atoms with Gasteiger partial charge in [-0.2, -0.15) is 0 Å². The molecule has 0 aromatic carbocycles. The standard InChI is InChI=1S/C18H28N4O7/c19-12(16(24)25)3-1-2-6-22-8-10(4-5-13(20)17(26)27)11(15(23)9-22)7-14(21)18(28)29/h8-9,12-14H,1-7,19-21H2,(H3-,23,24,25,26,27,28,29)/p+1. The maximum Gasteiger partial charge on any atom is 0.320 e. The summed E-state index contributed by atoms with van der Waals surface area (Å²) >= 11 is 0. The first-order chi connectivity index (χ1) is 13.5. The zero-order chi connectivity index (χ0) is 22.1. The summed E-state index contributed by atoms with van der Waals surface area (Å²) in [5.74, 6) is -3.59. The van der Waals surface area contributed by atoms with Gasteiger partial charge in [0.2, 0.25) is 6.20 Å². The van der Waals surface area contributed by atoms with E-state index >= 15 is 0 Å². The fraction of sp³-hybridized carbons (Fsp3) is 0.556. The van der Waals surface area contributed by atoms with Crippen LogP contribution in [0.25, 0.3) is 0 Å². The van der Waals surface area contributed by atoms with Crippen LogP contribution in [0, 0.1) is 0 Å². The molecule has 0 saturated carbocycles.